The van der Waals surface area contributed by atoms with Crippen LogP contribution in [0.25, 0.3) is 0 Å². The van der Waals surface area contributed by atoms with E-state index in [1.165, 1.54) is 11.3 Å². The van der Waals surface area contributed by atoms with Gasteiger partial charge in [-0.1, -0.05) is 18.2 Å². The quantitative estimate of drug-likeness (QED) is 0.815. The Kier molecular flexibility index (Phi) is 5.87. The minimum atomic E-state index is -0.661. The third-order valence-electron chi connectivity index (χ3n) is 2.87. The highest BCUT2D eigenvalue weighted by molar-refractivity contribution is 7.12. The molecule has 0 aliphatic heterocycles. The molecule has 1 N–H and O–H groups in total. The Hall–Kier alpha value is -2.67. The Labute approximate surface area is 137 Å². The second-order valence-corrected chi connectivity index (χ2v) is 5.49. The number of thiophene rings is 1. The van der Waals surface area contributed by atoms with Crippen molar-refractivity contribution in [3.8, 4) is 5.75 Å². The van der Waals surface area contributed by atoms with Crippen molar-refractivity contribution in [1.82, 2.24) is 5.32 Å². The van der Waals surface area contributed by atoms with Crippen LogP contribution in [0, 0.1) is 0 Å². The third-order valence-corrected chi connectivity index (χ3v) is 3.74. The Morgan fingerprint density at radius 3 is 2.48 bits per heavy atom. The lowest BCUT2D eigenvalue weighted by Gasteiger charge is -2.06. The van der Waals surface area contributed by atoms with E-state index in [0.717, 1.165) is 5.56 Å². The van der Waals surface area contributed by atoms with Crippen LogP contribution in [0.1, 0.15) is 15.2 Å². The van der Waals surface area contributed by atoms with Gasteiger partial charge in [0.05, 0.1) is 18.4 Å². The zero-order chi connectivity index (χ0) is 16.7. The molecule has 0 aliphatic carbocycles. The number of hydrogen-bond donors (Lipinski definition) is 1. The van der Waals surface area contributed by atoms with Crippen LogP contribution < -0.4 is 10.1 Å². The van der Waals surface area contributed by atoms with E-state index in [1.54, 1.807) is 48.9 Å². The van der Waals surface area contributed by atoms with Gasteiger partial charge in [0.15, 0.2) is 6.61 Å². The lowest BCUT2D eigenvalue weighted by Crippen LogP contribution is -2.33. The van der Waals surface area contributed by atoms with Gasteiger partial charge in [0, 0.05) is 0 Å². The summed E-state index contributed by atoms with van der Waals surface area (Å²) in [6.45, 7) is -0.494. The number of amides is 2. The summed E-state index contributed by atoms with van der Waals surface area (Å²) in [5.41, 5.74) is 0.742. The van der Waals surface area contributed by atoms with Crippen molar-refractivity contribution >= 4 is 29.1 Å². The van der Waals surface area contributed by atoms with Gasteiger partial charge in [-0.2, -0.15) is 0 Å². The van der Waals surface area contributed by atoms with Gasteiger partial charge in [-0.3, -0.25) is 19.7 Å². The molecule has 1 heterocycles. The van der Waals surface area contributed by atoms with Crippen LogP contribution in [0.5, 0.6) is 5.75 Å². The van der Waals surface area contributed by atoms with E-state index in [2.05, 4.69) is 5.32 Å². The molecular formula is C16H15NO5S. The first kappa shape index (κ1) is 16.7. The largest absolute Gasteiger partial charge is 0.497 e. The fourth-order valence-electron chi connectivity index (χ4n) is 1.74. The Balaban J connectivity index is 1.75. The van der Waals surface area contributed by atoms with E-state index in [9.17, 15) is 14.4 Å². The maximum atomic E-state index is 11.7. The van der Waals surface area contributed by atoms with Crippen LogP contribution in [0.15, 0.2) is 41.8 Å². The second-order valence-electron chi connectivity index (χ2n) is 4.54. The van der Waals surface area contributed by atoms with Crippen LogP contribution in [0.2, 0.25) is 0 Å². The molecule has 2 rings (SSSR count). The molecule has 0 saturated carbocycles. The average Bonchev–Trinajstić information content (AvgIpc) is 3.08. The van der Waals surface area contributed by atoms with E-state index < -0.39 is 24.4 Å². The minimum absolute atomic E-state index is 0.0378. The highest BCUT2D eigenvalue weighted by Gasteiger charge is 2.13. The molecule has 0 bridgehead atoms. The van der Waals surface area contributed by atoms with Crippen LogP contribution in [0.4, 0.5) is 0 Å². The predicted octanol–water partition coefficient (Wildman–Crippen LogP) is 1.80. The van der Waals surface area contributed by atoms with Gasteiger partial charge >= 0.3 is 5.97 Å². The maximum Gasteiger partial charge on any atom is 0.310 e. The molecule has 23 heavy (non-hydrogen) atoms. The van der Waals surface area contributed by atoms with Crippen molar-refractivity contribution in [3.05, 3.63) is 52.2 Å². The molecule has 1 aromatic heterocycles. The van der Waals surface area contributed by atoms with Gasteiger partial charge in [-0.25, -0.2) is 0 Å². The third kappa shape index (κ3) is 5.23. The lowest BCUT2D eigenvalue weighted by atomic mass is 10.1. The topological polar surface area (TPSA) is 81.7 Å². The number of carbonyl (C=O) groups is 3. The number of nitrogens with one attached hydrogen (secondary N) is 1. The van der Waals surface area contributed by atoms with Crippen molar-refractivity contribution < 1.29 is 23.9 Å². The molecule has 0 fully saturated rings. The van der Waals surface area contributed by atoms with Gasteiger partial charge < -0.3 is 9.47 Å². The number of hydrogen-bond acceptors (Lipinski definition) is 6. The van der Waals surface area contributed by atoms with E-state index in [1.807, 2.05) is 0 Å². The van der Waals surface area contributed by atoms with Crippen molar-refractivity contribution in [2.24, 2.45) is 0 Å². The number of esters is 1. The van der Waals surface area contributed by atoms with Crippen LogP contribution in [-0.2, 0) is 20.7 Å². The summed E-state index contributed by atoms with van der Waals surface area (Å²) in [6, 6.07) is 10.2. The fraction of sp³-hybridized carbons (Fsp3) is 0.188. The number of rotatable bonds is 6. The molecule has 0 radical (unpaired) electrons. The Morgan fingerprint density at radius 1 is 1.13 bits per heavy atom. The summed E-state index contributed by atoms with van der Waals surface area (Å²) in [4.78, 5) is 35.3. The van der Waals surface area contributed by atoms with Gasteiger partial charge in [0.25, 0.3) is 11.8 Å². The molecule has 120 valence electrons. The molecule has 0 unspecified atom stereocenters. The summed E-state index contributed by atoms with van der Waals surface area (Å²) >= 11 is 1.22. The van der Waals surface area contributed by atoms with Crippen LogP contribution in [-0.4, -0.2) is 31.5 Å². The van der Waals surface area contributed by atoms with Crippen LogP contribution in [0.3, 0.4) is 0 Å². The summed E-state index contributed by atoms with van der Waals surface area (Å²) in [7, 11) is 1.55. The zero-order valence-corrected chi connectivity index (χ0v) is 13.2. The monoisotopic (exact) mass is 333 g/mol. The van der Waals surface area contributed by atoms with E-state index in [-0.39, 0.29) is 6.42 Å². The van der Waals surface area contributed by atoms with E-state index in [4.69, 9.17) is 9.47 Å². The van der Waals surface area contributed by atoms with Crippen molar-refractivity contribution in [2.75, 3.05) is 13.7 Å². The maximum absolute atomic E-state index is 11.7. The number of carbonyl (C=O) groups excluding carboxylic acids is 3. The molecule has 2 amide bonds. The van der Waals surface area contributed by atoms with Crippen molar-refractivity contribution in [3.63, 3.8) is 0 Å². The lowest BCUT2D eigenvalue weighted by molar-refractivity contribution is -0.147. The molecule has 0 aliphatic rings. The first-order valence-electron chi connectivity index (χ1n) is 6.74. The zero-order valence-electron chi connectivity index (χ0n) is 12.4. The molecule has 0 saturated heterocycles. The first-order chi connectivity index (χ1) is 11.1. The van der Waals surface area contributed by atoms with Gasteiger partial charge in [-0.15, -0.1) is 11.3 Å². The second kappa shape index (κ2) is 8.09. The standard InChI is InChI=1S/C16H15NO5S/c1-21-12-6-4-11(5-7-12)9-15(19)22-10-14(18)17-16(20)13-3-2-8-23-13/h2-8H,9-10H2,1H3,(H,17,18,20). The highest BCUT2D eigenvalue weighted by atomic mass is 32.1. The van der Waals surface area contributed by atoms with Crippen molar-refractivity contribution in [1.29, 1.82) is 0 Å². The Morgan fingerprint density at radius 2 is 1.87 bits per heavy atom. The van der Waals surface area contributed by atoms with Crippen LogP contribution >= 0.6 is 11.3 Å². The Bertz CT molecular complexity index is 679. The minimum Gasteiger partial charge on any atom is -0.497 e. The summed E-state index contributed by atoms with van der Waals surface area (Å²) in [5.74, 6) is -1.02. The van der Waals surface area contributed by atoms with E-state index >= 15 is 0 Å². The number of imide groups is 1. The smallest absolute Gasteiger partial charge is 0.310 e. The molecule has 6 nitrogen and oxygen atoms in total. The molecule has 1 aromatic carbocycles. The summed E-state index contributed by atoms with van der Waals surface area (Å²) in [5, 5.41) is 3.89. The number of ether oxygens (including phenoxy) is 2. The summed E-state index contributed by atoms with van der Waals surface area (Å²) in [6.07, 6.45) is 0.0378. The summed E-state index contributed by atoms with van der Waals surface area (Å²) < 4.78 is 9.87. The normalized spacial score (nSPS) is 9.96. The molecule has 0 spiro atoms. The molecule has 2 aromatic rings. The fourth-order valence-corrected chi connectivity index (χ4v) is 2.36. The molecule has 0 atom stereocenters. The van der Waals surface area contributed by atoms with Crippen molar-refractivity contribution in [2.45, 2.75) is 6.42 Å². The number of benzene rings is 1. The van der Waals surface area contributed by atoms with E-state index in [0.29, 0.717) is 10.6 Å². The van der Waals surface area contributed by atoms with Gasteiger partial charge in [0.2, 0.25) is 0 Å². The highest BCUT2D eigenvalue weighted by Crippen LogP contribution is 2.12. The molecule has 7 heteroatoms. The average molecular weight is 333 g/mol. The molecular weight excluding hydrogens is 318 g/mol. The number of methoxy groups -OCH3 is 1. The van der Waals surface area contributed by atoms with Gasteiger partial charge in [0.1, 0.15) is 5.75 Å². The predicted molar refractivity (Wildman–Crippen MR) is 84.4 cm³/mol. The van der Waals surface area contributed by atoms with Gasteiger partial charge in [-0.05, 0) is 29.1 Å². The SMILES string of the molecule is COc1ccc(CC(=O)OCC(=O)NC(=O)c2cccs2)cc1. The first-order valence-corrected chi connectivity index (χ1v) is 7.62.